The first kappa shape index (κ1) is 21.9. The smallest absolute Gasteiger partial charge is 0.290 e. The first-order valence-electron chi connectivity index (χ1n) is 11.9. The van der Waals surface area contributed by atoms with Crippen LogP contribution in [0.15, 0.2) is 118 Å². The highest BCUT2D eigenvalue weighted by Gasteiger charge is 2.42. The molecule has 0 aliphatic carbocycles. The van der Waals surface area contributed by atoms with Gasteiger partial charge in [0.05, 0.1) is 17.0 Å². The van der Waals surface area contributed by atoms with Gasteiger partial charge in [-0.15, -0.1) is 0 Å². The van der Waals surface area contributed by atoms with Crippen molar-refractivity contribution in [1.82, 2.24) is 4.90 Å². The summed E-state index contributed by atoms with van der Waals surface area (Å²) < 4.78 is 12.1. The lowest BCUT2D eigenvalue weighted by molar-refractivity contribution is 0.0730. The molecule has 1 atom stereocenters. The molecule has 1 aliphatic heterocycles. The Labute approximate surface area is 208 Å². The van der Waals surface area contributed by atoms with E-state index < -0.39 is 6.04 Å². The van der Waals surface area contributed by atoms with Gasteiger partial charge in [-0.25, -0.2) is 0 Å². The SMILES string of the molecule is O=C1c2oc3ccccc3c(=O)c2[C@H](c2cccc(Oc3ccccc3)c2)N1CCc1ccccc1. The summed E-state index contributed by atoms with van der Waals surface area (Å²) in [6.45, 7) is 0.442. The first-order valence-corrected chi connectivity index (χ1v) is 11.9. The maximum atomic E-state index is 13.7. The van der Waals surface area contributed by atoms with E-state index in [4.69, 9.17) is 9.15 Å². The monoisotopic (exact) mass is 473 g/mol. The molecular weight excluding hydrogens is 450 g/mol. The molecule has 0 saturated heterocycles. The van der Waals surface area contributed by atoms with Crippen molar-refractivity contribution in [2.75, 3.05) is 6.54 Å². The Balaban J connectivity index is 1.45. The molecule has 0 bridgehead atoms. The Morgan fingerprint density at radius 2 is 1.44 bits per heavy atom. The molecule has 36 heavy (non-hydrogen) atoms. The molecule has 0 unspecified atom stereocenters. The van der Waals surface area contributed by atoms with E-state index in [1.54, 1.807) is 29.2 Å². The third kappa shape index (κ3) is 3.95. The number of nitrogens with zero attached hydrogens (tertiary/aromatic N) is 1. The number of carbonyl (C=O) groups excluding carboxylic acids is 1. The largest absolute Gasteiger partial charge is 0.457 e. The summed E-state index contributed by atoms with van der Waals surface area (Å²) in [6.07, 6.45) is 0.658. The predicted molar refractivity (Wildman–Crippen MR) is 138 cm³/mol. The van der Waals surface area contributed by atoms with E-state index in [0.717, 1.165) is 11.1 Å². The normalized spacial score (nSPS) is 14.7. The van der Waals surface area contributed by atoms with Gasteiger partial charge in [0.1, 0.15) is 17.1 Å². The topological polar surface area (TPSA) is 59.8 Å². The summed E-state index contributed by atoms with van der Waals surface area (Å²) in [7, 11) is 0. The average molecular weight is 474 g/mol. The molecule has 1 aromatic heterocycles. The van der Waals surface area contributed by atoms with Crippen LogP contribution in [0.1, 0.15) is 33.3 Å². The standard InChI is InChI=1S/C31H23NO4/c33-29-25-16-7-8-17-26(25)36-30-27(29)28(32(31(30)34)19-18-21-10-3-1-4-11-21)22-12-9-15-24(20-22)35-23-13-5-2-6-14-23/h1-17,20,28H,18-19H2/t28-/m0/s1. The highest BCUT2D eigenvalue weighted by Crippen LogP contribution is 2.39. The van der Waals surface area contributed by atoms with Crippen LogP contribution in [-0.4, -0.2) is 17.4 Å². The van der Waals surface area contributed by atoms with E-state index >= 15 is 0 Å². The number of benzene rings is 4. The minimum Gasteiger partial charge on any atom is -0.457 e. The molecule has 4 aromatic carbocycles. The van der Waals surface area contributed by atoms with Crippen LogP contribution in [0.4, 0.5) is 0 Å². The molecule has 1 aliphatic rings. The van der Waals surface area contributed by atoms with Crippen LogP contribution in [0.2, 0.25) is 0 Å². The molecule has 0 saturated carbocycles. The molecule has 176 valence electrons. The van der Waals surface area contributed by atoms with Gasteiger partial charge in [-0.2, -0.15) is 0 Å². The number of hydrogen-bond donors (Lipinski definition) is 0. The fourth-order valence-corrected chi connectivity index (χ4v) is 4.81. The maximum Gasteiger partial charge on any atom is 0.290 e. The van der Waals surface area contributed by atoms with Gasteiger partial charge in [-0.3, -0.25) is 9.59 Å². The number of ether oxygens (including phenoxy) is 1. The first-order chi connectivity index (χ1) is 17.7. The highest BCUT2D eigenvalue weighted by molar-refractivity contribution is 5.99. The van der Waals surface area contributed by atoms with Crippen molar-refractivity contribution >= 4 is 16.9 Å². The minimum absolute atomic E-state index is 0.117. The molecule has 5 nitrogen and oxygen atoms in total. The van der Waals surface area contributed by atoms with E-state index in [1.165, 1.54) is 0 Å². The van der Waals surface area contributed by atoms with Crippen LogP contribution in [0.3, 0.4) is 0 Å². The fourth-order valence-electron chi connectivity index (χ4n) is 4.81. The third-order valence-electron chi connectivity index (χ3n) is 6.51. The number of rotatable bonds is 6. The van der Waals surface area contributed by atoms with Gasteiger partial charge in [0.2, 0.25) is 5.76 Å². The Morgan fingerprint density at radius 3 is 2.25 bits per heavy atom. The van der Waals surface area contributed by atoms with Crippen molar-refractivity contribution in [3.8, 4) is 11.5 Å². The Hall–Kier alpha value is -4.64. The summed E-state index contributed by atoms with van der Waals surface area (Å²) in [5.74, 6) is 1.19. The summed E-state index contributed by atoms with van der Waals surface area (Å²) in [4.78, 5) is 29.1. The second-order valence-corrected chi connectivity index (χ2v) is 8.79. The van der Waals surface area contributed by atoms with Crippen LogP contribution < -0.4 is 10.2 Å². The van der Waals surface area contributed by atoms with Gasteiger partial charge in [0.25, 0.3) is 5.91 Å². The van der Waals surface area contributed by atoms with E-state index in [9.17, 15) is 9.59 Å². The molecule has 5 heteroatoms. The van der Waals surface area contributed by atoms with Gasteiger partial charge >= 0.3 is 0 Å². The van der Waals surface area contributed by atoms with Crippen LogP contribution in [0.25, 0.3) is 11.0 Å². The zero-order chi connectivity index (χ0) is 24.5. The molecule has 6 rings (SSSR count). The molecule has 0 radical (unpaired) electrons. The van der Waals surface area contributed by atoms with E-state index in [2.05, 4.69) is 0 Å². The number of hydrogen-bond acceptors (Lipinski definition) is 4. The van der Waals surface area contributed by atoms with Crippen LogP contribution in [0, 0.1) is 0 Å². The van der Waals surface area contributed by atoms with Gasteiger partial charge in [0, 0.05) is 6.54 Å². The number of para-hydroxylation sites is 2. The molecule has 0 N–H and O–H groups in total. The third-order valence-corrected chi connectivity index (χ3v) is 6.51. The summed E-state index contributed by atoms with van der Waals surface area (Å²) >= 11 is 0. The van der Waals surface area contributed by atoms with Crippen LogP contribution in [-0.2, 0) is 6.42 Å². The maximum absolute atomic E-state index is 13.7. The lowest BCUT2D eigenvalue weighted by Crippen LogP contribution is -2.31. The lowest BCUT2D eigenvalue weighted by Gasteiger charge is -2.25. The number of carbonyl (C=O) groups is 1. The Kier molecular flexibility index (Phi) is 5.58. The molecular formula is C31H23NO4. The van der Waals surface area contributed by atoms with Crippen LogP contribution >= 0.6 is 0 Å². The molecule has 5 aromatic rings. The number of amides is 1. The fraction of sp³-hybridized carbons (Fsp3) is 0.0968. The van der Waals surface area contributed by atoms with Crippen molar-refractivity contribution < 1.29 is 13.9 Å². The van der Waals surface area contributed by atoms with Gasteiger partial charge < -0.3 is 14.1 Å². The zero-order valence-corrected chi connectivity index (χ0v) is 19.5. The minimum atomic E-state index is -0.573. The second-order valence-electron chi connectivity index (χ2n) is 8.79. The summed E-state index contributed by atoms with van der Waals surface area (Å²) in [6, 6.07) is 33.6. The molecule has 0 fully saturated rings. The zero-order valence-electron chi connectivity index (χ0n) is 19.5. The van der Waals surface area contributed by atoms with Gasteiger partial charge in [-0.1, -0.05) is 72.8 Å². The van der Waals surface area contributed by atoms with Gasteiger partial charge in [-0.05, 0) is 53.9 Å². The number of fused-ring (bicyclic) bond motifs is 2. The predicted octanol–water partition coefficient (Wildman–Crippen LogP) is 6.37. The summed E-state index contributed by atoms with van der Waals surface area (Å²) in [5.41, 5.74) is 2.53. The van der Waals surface area contributed by atoms with E-state index in [0.29, 0.717) is 41.0 Å². The van der Waals surface area contributed by atoms with E-state index in [1.807, 2.05) is 84.9 Å². The van der Waals surface area contributed by atoms with Crippen molar-refractivity contribution in [2.24, 2.45) is 0 Å². The highest BCUT2D eigenvalue weighted by atomic mass is 16.5. The molecule has 0 spiro atoms. The Bertz CT molecular complexity index is 1610. The van der Waals surface area contributed by atoms with Crippen molar-refractivity contribution in [3.63, 3.8) is 0 Å². The van der Waals surface area contributed by atoms with Gasteiger partial charge in [0.15, 0.2) is 5.43 Å². The molecule has 1 amide bonds. The Morgan fingerprint density at radius 1 is 0.750 bits per heavy atom. The quantitative estimate of drug-likeness (QED) is 0.287. The lowest BCUT2D eigenvalue weighted by atomic mass is 9.98. The van der Waals surface area contributed by atoms with Crippen molar-refractivity contribution in [2.45, 2.75) is 12.5 Å². The van der Waals surface area contributed by atoms with Crippen LogP contribution in [0.5, 0.6) is 11.5 Å². The van der Waals surface area contributed by atoms with E-state index in [-0.39, 0.29) is 17.1 Å². The average Bonchev–Trinajstić information content (AvgIpc) is 3.20. The van der Waals surface area contributed by atoms with Crippen molar-refractivity contribution in [3.05, 3.63) is 142 Å². The molecule has 2 heterocycles. The summed E-state index contributed by atoms with van der Waals surface area (Å²) in [5, 5.41) is 0.468. The second kappa shape index (κ2) is 9.19. The van der Waals surface area contributed by atoms with Crippen molar-refractivity contribution in [1.29, 1.82) is 0 Å².